The molecule has 0 saturated carbocycles. The molecule has 0 aromatic carbocycles. The Morgan fingerprint density at radius 2 is 2.27 bits per heavy atom. The molecule has 1 atom stereocenters. The van der Waals surface area contributed by atoms with Gasteiger partial charge >= 0.3 is 6.03 Å². The van der Waals surface area contributed by atoms with E-state index in [1.807, 2.05) is 28.9 Å². The van der Waals surface area contributed by atoms with Gasteiger partial charge in [0.2, 0.25) is 0 Å². The fraction of sp³-hybridized carbons (Fsp3) is 0.625. The van der Waals surface area contributed by atoms with Crippen LogP contribution in [0.4, 0.5) is 10.6 Å². The van der Waals surface area contributed by atoms with Crippen molar-refractivity contribution in [3.8, 4) is 0 Å². The van der Waals surface area contributed by atoms with Crippen molar-refractivity contribution in [3.63, 3.8) is 0 Å². The Kier molecular flexibility index (Phi) is 4.36. The lowest BCUT2D eigenvalue weighted by molar-refractivity contribution is 0.195. The van der Waals surface area contributed by atoms with Crippen molar-refractivity contribution in [2.24, 2.45) is 7.05 Å². The molecule has 6 nitrogen and oxygen atoms in total. The number of anilines is 1. The molecule has 2 amide bonds. The first-order chi connectivity index (χ1) is 10.6. The molecule has 1 aromatic rings. The Hall–Kier alpha value is -1.98. The number of aromatic nitrogens is 2. The summed E-state index contributed by atoms with van der Waals surface area (Å²) in [6.07, 6.45) is 7.14. The largest absolute Gasteiger partial charge is 0.355 e. The molecule has 0 unspecified atom stereocenters. The number of hydrogen-bond donors (Lipinski definition) is 1. The van der Waals surface area contributed by atoms with Crippen LogP contribution in [0.2, 0.25) is 0 Å². The van der Waals surface area contributed by atoms with Gasteiger partial charge in [-0.25, -0.2) is 4.79 Å². The quantitative estimate of drug-likeness (QED) is 0.847. The summed E-state index contributed by atoms with van der Waals surface area (Å²) in [5, 5.41) is 7.44. The van der Waals surface area contributed by atoms with Crippen molar-refractivity contribution in [3.05, 3.63) is 23.9 Å². The predicted molar refractivity (Wildman–Crippen MR) is 86.9 cm³/mol. The second kappa shape index (κ2) is 6.42. The molecule has 3 rings (SSSR count). The van der Waals surface area contributed by atoms with E-state index < -0.39 is 0 Å². The SMILES string of the molecule is CC1=CCCN(C(=O)N[C@H]2CCCN(c3ccnn3C)C2)C1. The van der Waals surface area contributed by atoms with Gasteiger partial charge in [0.25, 0.3) is 0 Å². The first kappa shape index (κ1) is 14.9. The maximum atomic E-state index is 12.4. The molecule has 2 aliphatic rings. The van der Waals surface area contributed by atoms with Crippen molar-refractivity contribution in [1.29, 1.82) is 0 Å². The van der Waals surface area contributed by atoms with E-state index in [4.69, 9.17) is 0 Å². The second-order valence-corrected chi connectivity index (χ2v) is 6.31. The van der Waals surface area contributed by atoms with Crippen molar-refractivity contribution in [2.75, 3.05) is 31.1 Å². The smallest absolute Gasteiger partial charge is 0.317 e. The maximum absolute atomic E-state index is 12.4. The molecule has 3 heterocycles. The number of rotatable bonds is 2. The molecule has 0 aliphatic carbocycles. The van der Waals surface area contributed by atoms with Crippen LogP contribution >= 0.6 is 0 Å². The van der Waals surface area contributed by atoms with Crippen LogP contribution in [0.1, 0.15) is 26.2 Å². The van der Waals surface area contributed by atoms with Gasteiger partial charge in [-0.2, -0.15) is 5.10 Å². The molecule has 6 heteroatoms. The van der Waals surface area contributed by atoms with Gasteiger partial charge in [0, 0.05) is 45.3 Å². The molecule has 22 heavy (non-hydrogen) atoms. The molecule has 1 saturated heterocycles. The molecule has 120 valence electrons. The van der Waals surface area contributed by atoms with Gasteiger partial charge in [-0.1, -0.05) is 11.6 Å². The normalized spacial score (nSPS) is 22.5. The zero-order valence-corrected chi connectivity index (χ0v) is 13.5. The summed E-state index contributed by atoms with van der Waals surface area (Å²) in [4.78, 5) is 16.6. The highest BCUT2D eigenvalue weighted by Gasteiger charge is 2.25. The van der Waals surface area contributed by atoms with E-state index in [1.165, 1.54) is 5.57 Å². The molecule has 0 radical (unpaired) electrons. The van der Waals surface area contributed by atoms with Gasteiger partial charge in [-0.05, 0) is 26.2 Å². The number of amides is 2. The number of hydrogen-bond acceptors (Lipinski definition) is 3. The fourth-order valence-corrected chi connectivity index (χ4v) is 3.33. The third-order valence-electron chi connectivity index (χ3n) is 4.49. The lowest BCUT2D eigenvalue weighted by Gasteiger charge is -2.36. The Bertz CT molecular complexity index is 565. The molecule has 1 N–H and O–H groups in total. The van der Waals surface area contributed by atoms with Crippen molar-refractivity contribution >= 4 is 11.8 Å². The van der Waals surface area contributed by atoms with Gasteiger partial charge in [0.1, 0.15) is 5.82 Å². The summed E-state index contributed by atoms with van der Waals surface area (Å²) < 4.78 is 1.89. The first-order valence-electron chi connectivity index (χ1n) is 8.07. The minimum atomic E-state index is 0.0734. The summed E-state index contributed by atoms with van der Waals surface area (Å²) >= 11 is 0. The van der Waals surface area contributed by atoms with Gasteiger partial charge in [0.05, 0.1) is 6.20 Å². The number of nitrogens with zero attached hydrogens (tertiary/aromatic N) is 4. The van der Waals surface area contributed by atoms with Crippen LogP contribution in [0.15, 0.2) is 23.9 Å². The summed E-state index contributed by atoms with van der Waals surface area (Å²) in [6, 6.07) is 2.31. The van der Waals surface area contributed by atoms with Gasteiger partial charge in [0.15, 0.2) is 0 Å². The molecule has 1 aromatic heterocycles. The molecule has 0 bridgehead atoms. The monoisotopic (exact) mass is 303 g/mol. The predicted octanol–water partition coefficient (Wildman–Crippen LogP) is 1.75. The van der Waals surface area contributed by atoms with Crippen molar-refractivity contribution < 1.29 is 4.79 Å². The lowest BCUT2D eigenvalue weighted by atomic mass is 10.1. The third-order valence-corrected chi connectivity index (χ3v) is 4.49. The minimum absolute atomic E-state index is 0.0734. The van der Waals surface area contributed by atoms with Crippen LogP contribution in [-0.2, 0) is 7.05 Å². The Morgan fingerprint density at radius 1 is 1.41 bits per heavy atom. The average molecular weight is 303 g/mol. The number of carbonyl (C=O) groups is 1. The maximum Gasteiger partial charge on any atom is 0.317 e. The number of aryl methyl sites for hydroxylation is 1. The van der Waals surface area contributed by atoms with Crippen molar-refractivity contribution in [2.45, 2.75) is 32.2 Å². The number of nitrogens with one attached hydrogen (secondary N) is 1. The number of carbonyl (C=O) groups excluding carboxylic acids is 1. The van der Waals surface area contributed by atoms with Crippen LogP contribution in [0.25, 0.3) is 0 Å². The third kappa shape index (κ3) is 3.26. The van der Waals surface area contributed by atoms with Crippen LogP contribution < -0.4 is 10.2 Å². The first-order valence-corrected chi connectivity index (χ1v) is 8.07. The summed E-state index contributed by atoms with van der Waals surface area (Å²) in [7, 11) is 1.96. The van der Waals surface area contributed by atoms with E-state index in [0.717, 1.165) is 51.3 Å². The zero-order valence-electron chi connectivity index (χ0n) is 13.5. The van der Waals surface area contributed by atoms with E-state index in [0.29, 0.717) is 0 Å². The molecule has 2 aliphatic heterocycles. The van der Waals surface area contributed by atoms with E-state index >= 15 is 0 Å². The highest BCUT2D eigenvalue weighted by molar-refractivity contribution is 5.75. The van der Waals surface area contributed by atoms with Crippen molar-refractivity contribution in [1.82, 2.24) is 20.0 Å². The Morgan fingerprint density at radius 3 is 3.00 bits per heavy atom. The Balaban J connectivity index is 1.57. The second-order valence-electron chi connectivity index (χ2n) is 6.31. The fourth-order valence-electron chi connectivity index (χ4n) is 3.33. The standard InChI is InChI=1S/C16H25N5O/c1-13-5-3-10-21(11-13)16(22)18-14-6-4-9-20(12-14)15-7-8-17-19(15)2/h5,7-8,14H,3-4,6,9-12H2,1-2H3,(H,18,22)/t14-/m0/s1. The summed E-state index contributed by atoms with van der Waals surface area (Å²) in [5.41, 5.74) is 1.28. The van der Waals surface area contributed by atoms with Crippen LogP contribution in [0, 0.1) is 0 Å². The highest BCUT2D eigenvalue weighted by atomic mass is 16.2. The number of urea groups is 1. The summed E-state index contributed by atoms with van der Waals surface area (Å²) in [6.45, 7) is 5.54. The molecular weight excluding hydrogens is 278 g/mol. The minimum Gasteiger partial charge on any atom is -0.355 e. The Labute approximate surface area is 131 Å². The average Bonchev–Trinajstić information content (AvgIpc) is 2.94. The highest BCUT2D eigenvalue weighted by Crippen LogP contribution is 2.19. The van der Waals surface area contributed by atoms with Crippen LogP contribution in [-0.4, -0.2) is 52.9 Å². The molecular formula is C16H25N5O. The van der Waals surface area contributed by atoms with Crippen LogP contribution in [0.3, 0.4) is 0 Å². The molecule has 1 fully saturated rings. The lowest BCUT2D eigenvalue weighted by Crippen LogP contribution is -2.52. The van der Waals surface area contributed by atoms with E-state index in [9.17, 15) is 4.79 Å². The van der Waals surface area contributed by atoms with E-state index in [1.54, 1.807) is 0 Å². The topological polar surface area (TPSA) is 53.4 Å². The summed E-state index contributed by atoms with van der Waals surface area (Å²) in [5.74, 6) is 1.12. The molecule has 0 spiro atoms. The van der Waals surface area contributed by atoms with Crippen LogP contribution in [0.5, 0.6) is 0 Å². The van der Waals surface area contributed by atoms with E-state index in [-0.39, 0.29) is 12.1 Å². The van der Waals surface area contributed by atoms with Gasteiger partial charge < -0.3 is 15.1 Å². The van der Waals surface area contributed by atoms with Gasteiger partial charge in [-0.3, -0.25) is 4.68 Å². The van der Waals surface area contributed by atoms with Gasteiger partial charge in [-0.15, -0.1) is 0 Å². The number of piperidine rings is 1. The zero-order chi connectivity index (χ0) is 15.5. The van der Waals surface area contributed by atoms with E-state index in [2.05, 4.69) is 28.3 Å².